The van der Waals surface area contributed by atoms with Crippen molar-refractivity contribution in [2.75, 3.05) is 18.0 Å². The summed E-state index contributed by atoms with van der Waals surface area (Å²) in [6.07, 6.45) is 3.83. The maximum atomic E-state index is 14.0. The molecule has 10 heteroatoms. The number of carbonyl (C=O) groups is 2. The zero-order chi connectivity index (χ0) is 29.6. The van der Waals surface area contributed by atoms with Crippen molar-refractivity contribution in [3.05, 3.63) is 89.7 Å². The molecule has 0 radical (unpaired) electrons. The smallest absolute Gasteiger partial charge is 0.264 e. The predicted molar refractivity (Wildman–Crippen MR) is 156 cm³/mol. The van der Waals surface area contributed by atoms with Crippen LogP contribution in [0.2, 0.25) is 0 Å². The molecular formula is C31H36FN3O5S. The molecule has 8 nitrogen and oxygen atoms in total. The molecule has 3 aromatic rings. The number of carbonyl (C=O) groups excluding carboxylic acids is 2. The van der Waals surface area contributed by atoms with E-state index in [9.17, 15) is 22.4 Å². The van der Waals surface area contributed by atoms with Gasteiger partial charge in [-0.1, -0.05) is 42.7 Å². The summed E-state index contributed by atoms with van der Waals surface area (Å²) in [5.41, 5.74) is 1.85. The van der Waals surface area contributed by atoms with Crippen molar-refractivity contribution >= 4 is 27.5 Å². The third-order valence-corrected chi connectivity index (χ3v) is 9.17. The monoisotopic (exact) mass is 581 g/mol. The van der Waals surface area contributed by atoms with E-state index in [1.807, 2.05) is 6.92 Å². The van der Waals surface area contributed by atoms with Crippen LogP contribution in [0.5, 0.6) is 5.75 Å². The van der Waals surface area contributed by atoms with Crippen LogP contribution in [0, 0.1) is 12.7 Å². The Balaban J connectivity index is 1.67. The third-order valence-electron chi connectivity index (χ3n) is 7.38. The van der Waals surface area contributed by atoms with Crippen molar-refractivity contribution in [1.29, 1.82) is 0 Å². The highest BCUT2D eigenvalue weighted by Crippen LogP contribution is 2.26. The van der Waals surface area contributed by atoms with Crippen molar-refractivity contribution in [3.8, 4) is 5.75 Å². The molecule has 1 aliphatic rings. The minimum Gasteiger partial charge on any atom is -0.497 e. The number of nitrogens with one attached hydrogen (secondary N) is 1. The first-order chi connectivity index (χ1) is 19.6. The van der Waals surface area contributed by atoms with E-state index < -0.39 is 34.3 Å². The first-order valence-electron chi connectivity index (χ1n) is 13.7. The minimum atomic E-state index is -4.18. The number of benzene rings is 3. The minimum absolute atomic E-state index is 0.00267. The highest BCUT2D eigenvalue weighted by atomic mass is 32.2. The molecule has 4 rings (SSSR count). The molecule has 41 heavy (non-hydrogen) atoms. The maximum Gasteiger partial charge on any atom is 0.264 e. The Labute approximate surface area is 241 Å². The van der Waals surface area contributed by atoms with Crippen LogP contribution in [0.15, 0.2) is 77.7 Å². The molecule has 0 heterocycles. The average molecular weight is 582 g/mol. The second-order valence-corrected chi connectivity index (χ2v) is 12.2. The zero-order valence-electron chi connectivity index (χ0n) is 23.5. The first-order valence-corrected chi connectivity index (χ1v) is 15.1. The Hall–Kier alpha value is -3.92. The zero-order valence-corrected chi connectivity index (χ0v) is 24.4. The maximum absolute atomic E-state index is 14.0. The van der Waals surface area contributed by atoms with Crippen molar-refractivity contribution < 1.29 is 27.1 Å². The van der Waals surface area contributed by atoms with Crippen molar-refractivity contribution in [2.24, 2.45) is 0 Å². The number of sulfonamides is 1. The standard InChI is InChI=1S/C31H36FN3O5S/c1-22-8-14-27(15-9-22)35(41(38,39)29-18-16-28(40-3)17-19-29)21-30(36)34(20-24-10-12-25(32)13-11-24)23(2)31(37)33-26-6-4-5-7-26/h8-19,23,26H,4-7,20-21H2,1-3H3,(H,33,37)/t23-/m0/s1. The van der Waals surface area contributed by atoms with Gasteiger partial charge in [0.1, 0.15) is 24.2 Å². The number of anilines is 1. The summed E-state index contributed by atoms with van der Waals surface area (Å²) in [6, 6.07) is 17.6. The summed E-state index contributed by atoms with van der Waals surface area (Å²) >= 11 is 0. The van der Waals surface area contributed by atoms with Gasteiger partial charge in [-0.2, -0.15) is 0 Å². The molecule has 1 aliphatic carbocycles. The summed E-state index contributed by atoms with van der Waals surface area (Å²) < 4.78 is 47.6. The molecule has 1 saturated carbocycles. The summed E-state index contributed by atoms with van der Waals surface area (Å²) in [6.45, 7) is 2.97. The average Bonchev–Trinajstić information content (AvgIpc) is 3.48. The molecule has 0 aliphatic heterocycles. The number of amides is 2. The van der Waals surface area contributed by atoms with Gasteiger partial charge < -0.3 is 15.0 Å². The molecule has 0 aromatic heterocycles. The molecule has 3 aromatic carbocycles. The van der Waals surface area contributed by atoms with Gasteiger partial charge in [0.2, 0.25) is 11.8 Å². The number of rotatable bonds is 11. The molecular weight excluding hydrogens is 545 g/mol. The molecule has 1 atom stereocenters. The molecule has 1 fully saturated rings. The van der Waals surface area contributed by atoms with E-state index in [0.717, 1.165) is 35.6 Å². The van der Waals surface area contributed by atoms with Gasteiger partial charge >= 0.3 is 0 Å². The summed E-state index contributed by atoms with van der Waals surface area (Å²) in [5, 5.41) is 3.03. The predicted octanol–water partition coefficient (Wildman–Crippen LogP) is 4.81. The van der Waals surface area contributed by atoms with E-state index in [4.69, 9.17) is 4.74 Å². The molecule has 0 bridgehead atoms. The van der Waals surface area contributed by atoms with Gasteiger partial charge in [-0.05, 0) is 80.8 Å². The molecule has 0 spiro atoms. The van der Waals surface area contributed by atoms with Gasteiger partial charge in [0, 0.05) is 12.6 Å². The highest BCUT2D eigenvalue weighted by Gasteiger charge is 2.33. The van der Waals surface area contributed by atoms with E-state index in [-0.39, 0.29) is 23.4 Å². The van der Waals surface area contributed by atoms with Gasteiger partial charge in [-0.25, -0.2) is 12.8 Å². The number of hydrogen-bond donors (Lipinski definition) is 1. The lowest BCUT2D eigenvalue weighted by Crippen LogP contribution is -2.52. The van der Waals surface area contributed by atoms with Crippen LogP contribution in [-0.2, 0) is 26.2 Å². The summed E-state index contributed by atoms with van der Waals surface area (Å²) in [5.74, 6) is -0.808. The first kappa shape index (κ1) is 30.0. The Kier molecular flexibility index (Phi) is 9.65. The normalized spacial score (nSPS) is 14.3. The number of hydrogen-bond acceptors (Lipinski definition) is 5. The fourth-order valence-corrected chi connectivity index (χ4v) is 6.29. The van der Waals surface area contributed by atoms with E-state index in [1.165, 1.54) is 48.4 Å². The van der Waals surface area contributed by atoms with E-state index in [2.05, 4.69) is 5.32 Å². The van der Waals surface area contributed by atoms with Crippen LogP contribution < -0.4 is 14.4 Å². The second kappa shape index (κ2) is 13.2. The highest BCUT2D eigenvalue weighted by molar-refractivity contribution is 7.92. The topological polar surface area (TPSA) is 96.0 Å². The third kappa shape index (κ3) is 7.43. The fourth-order valence-electron chi connectivity index (χ4n) is 4.88. The largest absolute Gasteiger partial charge is 0.497 e. The number of halogens is 1. The van der Waals surface area contributed by atoms with E-state index in [0.29, 0.717) is 17.0 Å². The van der Waals surface area contributed by atoms with Crippen LogP contribution >= 0.6 is 0 Å². The Morgan fingerprint density at radius 2 is 1.59 bits per heavy atom. The van der Waals surface area contributed by atoms with Crippen LogP contribution in [0.4, 0.5) is 10.1 Å². The van der Waals surface area contributed by atoms with E-state index >= 15 is 0 Å². The Bertz CT molecular complexity index is 1440. The van der Waals surface area contributed by atoms with E-state index in [1.54, 1.807) is 43.3 Å². The van der Waals surface area contributed by atoms with Crippen LogP contribution in [0.25, 0.3) is 0 Å². The number of aryl methyl sites for hydroxylation is 1. The molecule has 218 valence electrons. The Morgan fingerprint density at radius 1 is 0.976 bits per heavy atom. The van der Waals surface area contributed by atoms with Crippen molar-refractivity contribution in [1.82, 2.24) is 10.2 Å². The number of ether oxygens (including phenoxy) is 1. The van der Waals surface area contributed by atoms with Gasteiger partial charge in [0.25, 0.3) is 10.0 Å². The van der Waals surface area contributed by atoms with Crippen LogP contribution in [0.1, 0.15) is 43.7 Å². The molecule has 1 N–H and O–H groups in total. The number of nitrogens with zero attached hydrogens (tertiary/aromatic N) is 2. The summed E-state index contributed by atoms with van der Waals surface area (Å²) in [4.78, 5) is 28.6. The Morgan fingerprint density at radius 3 is 2.17 bits per heavy atom. The summed E-state index contributed by atoms with van der Waals surface area (Å²) in [7, 11) is -2.70. The SMILES string of the molecule is COc1ccc(S(=O)(=O)N(CC(=O)N(Cc2ccc(F)cc2)[C@@H](C)C(=O)NC2CCCC2)c2ccc(C)cc2)cc1. The molecule has 0 saturated heterocycles. The lowest BCUT2D eigenvalue weighted by Gasteiger charge is -2.32. The lowest BCUT2D eigenvalue weighted by molar-refractivity contribution is -0.139. The van der Waals surface area contributed by atoms with Crippen LogP contribution in [0.3, 0.4) is 0 Å². The fraction of sp³-hybridized carbons (Fsp3) is 0.355. The van der Waals surface area contributed by atoms with Gasteiger partial charge in [-0.15, -0.1) is 0 Å². The quantitative estimate of drug-likeness (QED) is 0.351. The lowest BCUT2D eigenvalue weighted by atomic mass is 10.1. The molecule has 2 amide bonds. The van der Waals surface area contributed by atoms with Gasteiger partial charge in [0.15, 0.2) is 0 Å². The van der Waals surface area contributed by atoms with Crippen LogP contribution in [-0.4, -0.2) is 50.9 Å². The second-order valence-electron chi connectivity index (χ2n) is 10.3. The molecule has 0 unspecified atom stereocenters. The van der Waals surface area contributed by atoms with Gasteiger partial charge in [-0.3, -0.25) is 13.9 Å². The van der Waals surface area contributed by atoms with Crippen molar-refractivity contribution in [2.45, 2.75) is 63.1 Å². The van der Waals surface area contributed by atoms with Gasteiger partial charge in [0.05, 0.1) is 17.7 Å². The number of methoxy groups -OCH3 is 1. The van der Waals surface area contributed by atoms with Crippen molar-refractivity contribution in [3.63, 3.8) is 0 Å².